The number of imidazole rings is 1. The van der Waals surface area contributed by atoms with Crippen LogP contribution in [0.1, 0.15) is 48.7 Å². The molecule has 0 saturated carbocycles. The molecule has 5 N–H and O–H groups in total. The fourth-order valence-corrected chi connectivity index (χ4v) is 4.22. The molecule has 0 atom stereocenters. The van der Waals surface area contributed by atoms with Gasteiger partial charge in [0, 0.05) is 19.2 Å². The number of amides is 3. The van der Waals surface area contributed by atoms with Crippen molar-refractivity contribution < 1.29 is 9.59 Å². The highest BCUT2D eigenvalue weighted by atomic mass is 32.2. The number of nitrogens with two attached hydrogens (primary N) is 1. The van der Waals surface area contributed by atoms with Crippen molar-refractivity contribution in [2.45, 2.75) is 44.1 Å². The van der Waals surface area contributed by atoms with Crippen LogP contribution in [0.2, 0.25) is 0 Å². The molecule has 0 spiro atoms. The molecule has 0 aromatic carbocycles. The Bertz CT molecular complexity index is 702. The molecule has 8 nitrogen and oxygen atoms in total. The van der Waals surface area contributed by atoms with E-state index in [1.54, 1.807) is 12.5 Å². The van der Waals surface area contributed by atoms with Gasteiger partial charge in [-0.2, -0.15) is 4.37 Å². The van der Waals surface area contributed by atoms with Gasteiger partial charge in [-0.25, -0.2) is 9.78 Å². The minimum Gasteiger partial charge on any atom is -0.365 e. The average molecular weight is 397 g/mol. The second-order valence-electron chi connectivity index (χ2n) is 5.66. The van der Waals surface area contributed by atoms with Crippen LogP contribution in [-0.2, 0) is 6.42 Å². The lowest BCUT2D eigenvalue weighted by atomic mass is 10.2. The molecule has 142 valence electrons. The lowest BCUT2D eigenvalue weighted by molar-refractivity contribution is 0.0998. The van der Waals surface area contributed by atoms with E-state index in [9.17, 15) is 9.59 Å². The van der Waals surface area contributed by atoms with E-state index >= 15 is 0 Å². The van der Waals surface area contributed by atoms with E-state index in [-0.39, 0.29) is 5.56 Å². The van der Waals surface area contributed by atoms with Gasteiger partial charge < -0.3 is 16.0 Å². The first-order chi connectivity index (χ1) is 12.6. The number of hydrogen-bond donors (Lipinski definition) is 4. The van der Waals surface area contributed by atoms with Crippen molar-refractivity contribution in [1.82, 2.24) is 19.7 Å². The first kappa shape index (κ1) is 20.2. The Morgan fingerprint density at radius 2 is 2.19 bits per heavy atom. The number of nitrogens with zero attached hydrogens (tertiary/aromatic N) is 2. The highest BCUT2D eigenvalue weighted by Crippen LogP contribution is 2.32. The van der Waals surface area contributed by atoms with Crippen LogP contribution in [0.5, 0.6) is 0 Å². The molecule has 2 rings (SSSR count). The van der Waals surface area contributed by atoms with Crippen LogP contribution >= 0.6 is 23.3 Å². The van der Waals surface area contributed by atoms with Crippen LogP contribution in [0.25, 0.3) is 0 Å². The zero-order chi connectivity index (χ0) is 18.8. The average Bonchev–Trinajstić information content (AvgIpc) is 3.24. The second-order valence-corrected chi connectivity index (χ2v) is 7.51. The van der Waals surface area contributed by atoms with Gasteiger partial charge in [0.15, 0.2) is 0 Å². The molecule has 0 bridgehead atoms. The highest BCUT2D eigenvalue weighted by molar-refractivity contribution is 7.99. The third-order valence-corrected chi connectivity index (χ3v) is 5.53. The Labute approximate surface area is 160 Å². The van der Waals surface area contributed by atoms with Crippen LogP contribution in [0.4, 0.5) is 9.80 Å². The van der Waals surface area contributed by atoms with Crippen molar-refractivity contribution in [3.05, 3.63) is 23.8 Å². The van der Waals surface area contributed by atoms with Crippen molar-refractivity contribution in [1.29, 1.82) is 0 Å². The summed E-state index contributed by atoms with van der Waals surface area (Å²) in [7, 11) is 0. The molecular formula is C16H24N6O2S2. The van der Waals surface area contributed by atoms with Gasteiger partial charge in [-0.05, 0) is 23.7 Å². The summed E-state index contributed by atoms with van der Waals surface area (Å²) < 4.78 is 4.28. The Morgan fingerprint density at radius 3 is 2.88 bits per heavy atom. The number of carbonyl (C=O) groups excluding carboxylic acids is 2. The highest BCUT2D eigenvalue weighted by Gasteiger charge is 2.20. The summed E-state index contributed by atoms with van der Waals surface area (Å²) in [6.45, 7) is 2.59. The minimum absolute atomic E-state index is 0.290. The Hall–Kier alpha value is -2.07. The first-order valence-electron chi connectivity index (χ1n) is 8.56. The van der Waals surface area contributed by atoms with E-state index in [2.05, 4.69) is 31.9 Å². The van der Waals surface area contributed by atoms with Gasteiger partial charge in [-0.1, -0.05) is 26.2 Å². The summed E-state index contributed by atoms with van der Waals surface area (Å²) in [5.74, 6) is 0.292. The Kier molecular flexibility index (Phi) is 8.42. The van der Waals surface area contributed by atoms with Gasteiger partial charge >= 0.3 is 6.03 Å². The number of aromatic nitrogens is 3. The minimum atomic E-state index is -0.582. The number of primary amides is 1. The van der Waals surface area contributed by atoms with Gasteiger partial charge in [0.05, 0.1) is 12.0 Å². The third-order valence-electron chi connectivity index (χ3n) is 3.59. The number of hydrogen-bond acceptors (Lipinski definition) is 6. The largest absolute Gasteiger partial charge is 0.365 e. The SMILES string of the molecule is CCCCCCSc1nsc(NC(=O)NCCc2c[nH]cn2)c1C(N)=O. The monoisotopic (exact) mass is 396 g/mol. The number of H-pyrrole nitrogens is 1. The number of urea groups is 1. The molecule has 0 saturated heterocycles. The zero-order valence-corrected chi connectivity index (χ0v) is 16.3. The fraction of sp³-hybridized carbons (Fsp3) is 0.500. The molecule has 0 aliphatic heterocycles. The van der Waals surface area contributed by atoms with Crippen molar-refractivity contribution in [2.75, 3.05) is 17.6 Å². The molecule has 0 aliphatic rings. The smallest absolute Gasteiger partial charge is 0.319 e. The lowest BCUT2D eigenvalue weighted by Crippen LogP contribution is -2.31. The predicted molar refractivity (Wildman–Crippen MR) is 105 cm³/mol. The van der Waals surface area contributed by atoms with Crippen molar-refractivity contribution in [3.63, 3.8) is 0 Å². The number of thioether (sulfide) groups is 1. The summed E-state index contributed by atoms with van der Waals surface area (Å²) in [4.78, 5) is 30.8. The van der Waals surface area contributed by atoms with Crippen molar-refractivity contribution >= 4 is 40.2 Å². The van der Waals surface area contributed by atoms with Crippen LogP contribution in [0, 0.1) is 0 Å². The summed E-state index contributed by atoms with van der Waals surface area (Å²) >= 11 is 2.58. The fourth-order valence-electron chi connectivity index (χ4n) is 2.25. The van der Waals surface area contributed by atoms with E-state index in [1.807, 2.05) is 0 Å². The molecule has 2 heterocycles. The summed E-state index contributed by atoms with van der Waals surface area (Å²) in [6, 6.07) is -0.397. The summed E-state index contributed by atoms with van der Waals surface area (Å²) in [5, 5.41) is 6.36. The standard InChI is InChI=1S/C16H24N6O2S2/c1-2-3-4-5-8-25-15-12(13(17)23)14(26-22-15)21-16(24)19-7-6-11-9-18-10-20-11/h9-10H,2-8H2,1H3,(H2,17,23)(H,18,20)(H2,19,21,24). The summed E-state index contributed by atoms with van der Waals surface area (Å²) in [5.41, 5.74) is 6.64. The topological polar surface area (TPSA) is 126 Å². The van der Waals surface area contributed by atoms with Gasteiger partial charge in [-0.15, -0.1) is 11.8 Å². The molecule has 26 heavy (non-hydrogen) atoms. The van der Waals surface area contributed by atoms with E-state index in [1.165, 1.54) is 24.6 Å². The lowest BCUT2D eigenvalue weighted by Gasteiger charge is -2.06. The van der Waals surface area contributed by atoms with Crippen molar-refractivity contribution in [2.24, 2.45) is 5.73 Å². The molecular weight excluding hydrogens is 372 g/mol. The van der Waals surface area contributed by atoms with Gasteiger partial charge in [0.1, 0.15) is 15.6 Å². The molecule has 0 unspecified atom stereocenters. The normalized spacial score (nSPS) is 10.7. The number of anilines is 1. The molecule has 0 fully saturated rings. The number of carbonyl (C=O) groups is 2. The summed E-state index contributed by atoms with van der Waals surface area (Å²) in [6.07, 6.45) is 8.57. The van der Waals surface area contributed by atoms with E-state index in [0.29, 0.717) is 23.0 Å². The number of nitrogens with one attached hydrogen (secondary N) is 3. The molecule has 2 aromatic rings. The van der Waals surface area contributed by atoms with E-state index < -0.39 is 11.9 Å². The van der Waals surface area contributed by atoms with E-state index in [4.69, 9.17) is 5.73 Å². The molecule has 2 aromatic heterocycles. The number of unbranched alkanes of at least 4 members (excludes halogenated alkanes) is 3. The van der Waals surface area contributed by atoms with Gasteiger partial charge in [0.2, 0.25) is 0 Å². The van der Waals surface area contributed by atoms with Crippen molar-refractivity contribution in [3.8, 4) is 0 Å². The first-order valence-corrected chi connectivity index (χ1v) is 10.3. The molecule has 10 heteroatoms. The van der Waals surface area contributed by atoms with Crippen LogP contribution < -0.4 is 16.4 Å². The van der Waals surface area contributed by atoms with Crippen LogP contribution in [0.3, 0.4) is 0 Å². The molecule has 0 radical (unpaired) electrons. The third kappa shape index (κ3) is 6.34. The maximum Gasteiger partial charge on any atom is 0.319 e. The molecule has 3 amide bonds. The molecule has 0 aliphatic carbocycles. The predicted octanol–water partition coefficient (Wildman–Crippen LogP) is 3.00. The van der Waals surface area contributed by atoms with Crippen LogP contribution in [-0.4, -0.2) is 38.6 Å². The van der Waals surface area contributed by atoms with Gasteiger partial charge in [0.25, 0.3) is 5.91 Å². The van der Waals surface area contributed by atoms with Gasteiger partial charge in [-0.3, -0.25) is 10.1 Å². The zero-order valence-electron chi connectivity index (χ0n) is 14.7. The number of aromatic amines is 1. The second kappa shape index (κ2) is 10.8. The Morgan fingerprint density at radius 1 is 1.35 bits per heavy atom. The maximum atomic E-state index is 12.0. The maximum absolute atomic E-state index is 12.0. The quantitative estimate of drug-likeness (QED) is 0.343. The number of rotatable bonds is 11. The Balaban J connectivity index is 1.85. The van der Waals surface area contributed by atoms with E-state index in [0.717, 1.165) is 35.8 Å². The van der Waals surface area contributed by atoms with Crippen LogP contribution in [0.15, 0.2) is 17.6 Å².